The molecule has 2 aromatic heterocycles. The molecule has 0 N–H and O–H groups in total. The van der Waals surface area contributed by atoms with E-state index in [1.54, 1.807) is 6.26 Å². The van der Waals surface area contributed by atoms with E-state index in [1.165, 1.54) is 0 Å². The summed E-state index contributed by atoms with van der Waals surface area (Å²) in [4.78, 5) is 8.68. The molecule has 0 radical (unpaired) electrons. The molecule has 16 heavy (non-hydrogen) atoms. The third-order valence-corrected chi connectivity index (χ3v) is 3.83. The number of hydrogen-bond acceptors (Lipinski definition) is 3. The summed E-state index contributed by atoms with van der Waals surface area (Å²) in [6.45, 7) is 2.11. The summed E-state index contributed by atoms with van der Waals surface area (Å²) in [6.07, 6.45) is 3.53. The first kappa shape index (κ1) is 11.9. The summed E-state index contributed by atoms with van der Waals surface area (Å²) >= 11 is 8.25. The standard InChI is InChI=1S/C11H10ClIN2O/c1-2-4-7-9(13)10(12)15-11(14-7)8-5-3-6-16-8/h3,5-6H,2,4H2,1H3. The molecule has 0 spiro atoms. The first-order valence-corrected chi connectivity index (χ1v) is 6.43. The highest BCUT2D eigenvalue weighted by atomic mass is 127. The van der Waals surface area contributed by atoms with Gasteiger partial charge in [-0.1, -0.05) is 24.9 Å². The predicted octanol–water partition coefficient (Wildman–Crippen LogP) is 3.95. The van der Waals surface area contributed by atoms with Crippen LogP contribution in [-0.4, -0.2) is 9.97 Å². The highest BCUT2D eigenvalue weighted by molar-refractivity contribution is 14.1. The molecule has 0 fully saturated rings. The van der Waals surface area contributed by atoms with Crippen LogP contribution >= 0.6 is 34.2 Å². The molecule has 0 aliphatic carbocycles. The van der Waals surface area contributed by atoms with Crippen molar-refractivity contribution in [2.24, 2.45) is 0 Å². The first-order chi connectivity index (χ1) is 7.72. The van der Waals surface area contributed by atoms with Gasteiger partial charge in [0.1, 0.15) is 5.15 Å². The first-order valence-electron chi connectivity index (χ1n) is 4.98. The average Bonchev–Trinajstić information content (AvgIpc) is 2.78. The summed E-state index contributed by atoms with van der Waals surface area (Å²) in [6, 6.07) is 3.64. The van der Waals surface area contributed by atoms with Crippen LogP contribution in [0.1, 0.15) is 19.0 Å². The molecule has 0 amide bonds. The van der Waals surface area contributed by atoms with Gasteiger partial charge in [-0.3, -0.25) is 0 Å². The molecule has 0 atom stereocenters. The third kappa shape index (κ3) is 2.38. The molecule has 0 unspecified atom stereocenters. The molecular formula is C11H10ClIN2O. The zero-order valence-electron chi connectivity index (χ0n) is 8.70. The lowest BCUT2D eigenvalue weighted by atomic mass is 10.2. The number of halogens is 2. The van der Waals surface area contributed by atoms with E-state index in [2.05, 4.69) is 39.5 Å². The van der Waals surface area contributed by atoms with Gasteiger partial charge >= 0.3 is 0 Å². The van der Waals surface area contributed by atoms with Crippen LogP contribution in [0.2, 0.25) is 5.15 Å². The molecule has 0 aromatic carbocycles. The zero-order valence-corrected chi connectivity index (χ0v) is 11.6. The van der Waals surface area contributed by atoms with Crippen molar-refractivity contribution in [3.63, 3.8) is 0 Å². The number of hydrogen-bond donors (Lipinski definition) is 0. The van der Waals surface area contributed by atoms with Gasteiger partial charge in [-0.25, -0.2) is 9.97 Å². The van der Waals surface area contributed by atoms with Crippen molar-refractivity contribution in [3.05, 3.63) is 32.8 Å². The summed E-state index contributed by atoms with van der Waals surface area (Å²) in [5.41, 5.74) is 0.981. The fraction of sp³-hybridized carbons (Fsp3) is 0.273. The van der Waals surface area contributed by atoms with E-state index < -0.39 is 0 Å². The smallest absolute Gasteiger partial charge is 0.197 e. The van der Waals surface area contributed by atoms with Gasteiger partial charge in [-0.2, -0.15) is 0 Å². The maximum absolute atomic E-state index is 6.07. The fourth-order valence-corrected chi connectivity index (χ4v) is 2.08. The number of nitrogens with zero attached hydrogens (tertiary/aromatic N) is 2. The summed E-state index contributed by atoms with van der Waals surface area (Å²) < 4.78 is 6.19. The minimum Gasteiger partial charge on any atom is -0.461 e. The monoisotopic (exact) mass is 348 g/mol. The van der Waals surface area contributed by atoms with Crippen LogP contribution in [0.3, 0.4) is 0 Å². The Morgan fingerprint density at radius 3 is 2.88 bits per heavy atom. The number of aromatic nitrogens is 2. The summed E-state index contributed by atoms with van der Waals surface area (Å²) in [5, 5.41) is 0.491. The van der Waals surface area contributed by atoms with Crippen LogP contribution in [-0.2, 0) is 6.42 Å². The van der Waals surface area contributed by atoms with E-state index >= 15 is 0 Å². The maximum Gasteiger partial charge on any atom is 0.197 e. The van der Waals surface area contributed by atoms with E-state index in [9.17, 15) is 0 Å². The van der Waals surface area contributed by atoms with Crippen molar-refractivity contribution in [1.29, 1.82) is 0 Å². The Kier molecular flexibility index (Phi) is 3.81. The quantitative estimate of drug-likeness (QED) is 0.623. The number of aryl methyl sites for hydroxylation is 1. The lowest BCUT2D eigenvalue weighted by Gasteiger charge is -2.05. The normalized spacial score (nSPS) is 10.7. The molecule has 3 nitrogen and oxygen atoms in total. The molecule has 2 heterocycles. The minimum absolute atomic E-state index is 0.491. The SMILES string of the molecule is CCCc1nc(-c2ccco2)nc(Cl)c1I. The van der Waals surface area contributed by atoms with E-state index in [4.69, 9.17) is 16.0 Å². The summed E-state index contributed by atoms with van der Waals surface area (Å²) in [7, 11) is 0. The van der Waals surface area contributed by atoms with Gasteiger partial charge in [0, 0.05) is 0 Å². The Balaban J connectivity index is 2.48. The van der Waals surface area contributed by atoms with Crippen molar-refractivity contribution in [2.45, 2.75) is 19.8 Å². The van der Waals surface area contributed by atoms with Gasteiger partial charge in [-0.15, -0.1) is 0 Å². The van der Waals surface area contributed by atoms with Crippen LogP contribution < -0.4 is 0 Å². The molecule has 2 aromatic rings. The highest BCUT2D eigenvalue weighted by Crippen LogP contribution is 2.24. The Hall–Kier alpha value is -0.620. The van der Waals surface area contributed by atoms with Gasteiger partial charge in [0.2, 0.25) is 0 Å². The molecule has 0 aliphatic rings. The maximum atomic E-state index is 6.07. The Bertz CT molecular complexity index is 485. The third-order valence-electron chi connectivity index (χ3n) is 2.11. The topological polar surface area (TPSA) is 38.9 Å². The van der Waals surface area contributed by atoms with E-state index in [-0.39, 0.29) is 0 Å². The lowest BCUT2D eigenvalue weighted by molar-refractivity contribution is 0.576. The van der Waals surface area contributed by atoms with Gasteiger partial charge in [-0.05, 0) is 41.1 Å². The number of furan rings is 1. The van der Waals surface area contributed by atoms with E-state index in [0.29, 0.717) is 16.7 Å². The Morgan fingerprint density at radius 2 is 2.25 bits per heavy atom. The molecule has 2 rings (SSSR count). The molecular weight excluding hydrogens is 338 g/mol. The van der Waals surface area contributed by atoms with Crippen molar-refractivity contribution in [2.75, 3.05) is 0 Å². The van der Waals surface area contributed by atoms with E-state index in [1.807, 2.05) is 12.1 Å². The molecule has 0 saturated carbocycles. The van der Waals surface area contributed by atoms with Crippen molar-refractivity contribution >= 4 is 34.2 Å². The second-order valence-electron chi connectivity index (χ2n) is 3.33. The second kappa shape index (κ2) is 5.14. The molecule has 0 aliphatic heterocycles. The van der Waals surface area contributed by atoms with Crippen LogP contribution in [0, 0.1) is 3.57 Å². The largest absolute Gasteiger partial charge is 0.461 e. The summed E-state index contributed by atoms with van der Waals surface area (Å²) in [5.74, 6) is 1.20. The van der Waals surface area contributed by atoms with Crippen molar-refractivity contribution in [1.82, 2.24) is 9.97 Å². The molecule has 0 saturated heterocycles. The molecule has 84 valence electrons. The second-order valence-corrected chi connectivity index (χ2v) is 4.76. The van der Waals surface area contributed by atoms with Gasteiger partial charge in [0.05, 0.1) is 15.5 Å². The van der Waals surface area contributed by atoms with Crippen molar-refractivity contribution < 1.29 is 4.42 Å². The fourth-order valence-electron chi connectivity index (χ4n) is 1.38. The van der Waals surface area contributed by atoms with Gasteiger partial charge in [0.15, 0.2) is 11.6 Å². The van der Waals surface area contributed by atoms with Gasteiger partial charge < -0.3 is 4.42 Å². The highest BCUT2D eigenvalue weighted by Gasteiger charge is 2.12. The molecule has 5 heteroatoms. The van der Waals surface area contributed by atoms with Crippen molar-refractivity contribution in [3.8, 4) is 11.6 Å². The van der Waals surface area contributed by atoms with E-state index in [0.717, 1.165) is 22.1 Å². The van der Waals surface area contributed by atoms with Crippen LogP contribution in [0.15, 0.2) is 22.8 Å². The zero-order chi connectivity index (χ0) is 11.5. The van der Waals surface area contributed by atoms with Crippen LogP contribution in [0.5, 0.6) is 0 Å². The van der Waals surface area contributed by atoms with Gasteiger partial charge in [0.25, 0.3) is 0 Å². The van der Waals surface area contributed by atoms with Crippen LogP contribution in [0.25, 0.3) is 11.6 Å². The van der Waals surface area contributed by atoms with Crippen LogP contribution in [0.4, 0.5) is 0 Å². The predicted molar refractivity (Wildman–Crippen MR) is 71.5 cm³/mol. The lowest BCUT2D eigenvalue weighted by Crippen LogP contribution is -2.00. The Morgan fingerprint density at radius 1 is 1.44 bits per heavy atom. The Labute approximate surface area is 112 Å². The average molecular weight is 349 g/mol. The number of rotatable bonds is 3. The minimum atomic E-state index is 0.491. The molecule has 0 bridgehead atoms.